The van der Waals surface area contributed by atoms with Crippen LogP contribution >= 0.6 is 11.6 Å². The third kappa shape index (κ3) is 5.70. The van der Waals surface area contributed by atoms with Gasteiger partial charge in [0.05, 0.1) is 12.7 Å². The standard InChI is InChI=1S/C22H27ClN4O2/c1-29-17-7-5-16(6-8-17)15-26-19-11-12-25-22(23)21(19)18(24)9-10-20(28)27-13-3-2-4-14-27/h5-8,11-12,24H,2-4,9-10,13-15H2,1H3,(H,25,26). The average molecular weight is 415 g/mol. The molecule has 0 aliphatic carbocycles. The highest BCUT2D eigenvalue weighted by Gasteiger charge is 2.19. The van der Waals surface area contributed by atoms with Crippen LogP contribution in [0.3, 0.4) is 0 Å². The summed E-state index contributed by atoms with van der Waals surface area (Å²) in [5, 5.41) is 12.1. The Kier molecular flexibility index (Phi) is 7.47. The van der Waals surface area contributed by atoms with Crippen LogP contribution in [0.15, 0.2) is 36.5 Å². The molecular formula is C22H27ClN4O2. The zero-order chi connectivity index (χ0) is 20.6. The molecule has 29 heavy (non-hydrogen) atoms. The fourth-order valence-electron chi connectivity index (χ4n) is 3.47. The number of pyridine rings is 1. The molecule has 2 heterocycles. The van der Waals surface area contributed by atoms with Gasteiger partial charge in [-0.05, 0) is 49.4 Å². The summed E-state index contributed by atoms with van der Waals surface area (Å²) < 4.78 is 5.18. The molecule has 1 amide bonds. The van der Waals surface area contributed by atoms with Crippen molar-refractivity contribution in [2.75, 3.05) is 25.5 Å². The number of carbonyl (C=O) groups is 1. The molecule has 7 heteroatoms. The maximum atomic E-state index is 12.4. The molecule has 0 bridgehead atoms. The lowest BCUT2D eigenvalue weighted by Crippen LogP contribution is -2.35. The van der Waals surface area contributed by atoms with Gasteiger partial charge in [-0.3, -0.25) is 4.79 Å². The first kappa shape index (κ1) is 21.1. The van der Waals surface area contributed by atoms with Gasteiger partial charge in [-0.2, -0.15) is 0 Å². The van der Waals surface area contributed by atoms with Gasteiger partial charge < -0.3 is 20.4 Å². The van der Waals surface area contributed by atoms with Crippen molar-refractivity contribution in [3.63, 3.8) is 0 Å². The van der Waals surface area contributed by atoms with Crippen LogP contribution in [0.1, 0.15) is 43.2 Å². The zero-order valence-electron chi connectivity index (χ0n) is 16.7. The van der Waals surface area contributed by atoms with E-state index in [0.29, 0.717) is 30.7 Å². The zero-order valence-corrected chi connectivity index (χ0v) is 17.5. The summed E-state index contributed by atoms with van der Waals surface area (Å²) in [7, 11) is 1.64. The first-order chi connectivity index (χ1) is 14.1. The Morgan fingerprint density at radius 1 is 1.17 bits per heavy atom. The number of likely N-dealkylation sites (tertiary alicyclic amines) is 1. The van der Waals surface area contributed by atoms with Crippen LogP contribution in [-0.2, 0) is 11.3 Å². The summed E-state index contributed by atoms with van der Waals surface area (Å²) in [4.78, 5) is 18.5. The molecule has 1 fully saturated rings. The first-order valence-corrected chi connectivity index (χ1v) is 10.3. The number of nitrogens with one attached hydrogen (secondary N) is 2. The fourth-order valence-corrected chi connectivity index (χ4v) is 3.74. The molecule has 154 valence electrons. The number of ether oxygens (including phenoxy) is 1. The number of hydrogen-bond acceptors (Lipinski definition) is 5. The highest BCUT2D eigenvalue weighted by molar-refractivity contribution is 6.33. The van der Waals surface area contributed by atoms with Crippen molar-refractivity contribution in [1.29, 1.82) is 5.41 Å². The molecule has 1 aromatic carbocycles. The van der Waals surface area contributed by atoms with Crippen LogP contribution in [0.5, 0.6) is 5.75 Å². The summed E-state index contributed by atoms with van der Waals surface area (Å²) in [5.74, 6) is 0.920. The van der Waals surface area contributed by atoms with E-state index in [1.54, 1.807) is 13.3 Å². The summed E-state index contributed by atoms with van der Waals surface area (Å²) in [6.45, 7) is 2.24. The molecular weight excluding hydrogens is 388 g/mol. The third-order valence-corrected chi connectivity index (χ3v) is 5.43. The number of nitrogens with zero attached hydrogens (tertiary/aromatic N) is 2. The van der Waals surface area contributed by atoms with Gasteiger partial charge in [0.25, 0.3) is 0 Å². The van der Waals surface area contributed by atoms with Crippen LogP contribution in [0, 0.1) is 5.41 Å². The lowest BCUT2D eigenvalue weighted by atomic mass is 10.0. The van der Waals surface area contributed by atoms with E-state index in [4.69, 9.17) is 21.7 Å². The predicted octanol–water partition coefficient (Wildman–Crippen LogP) is 4.52. The minimum absolute atomic E-state index is 0.113. The summed E-state index contributed by atoms with van der Waals surface area (Å²) >= 11 is 6.31. The molecule has 2 N–H and O–H groups in total. The topological polar surface area (TPSA) is 78.3 Å². The second kappa shape index (κ2) is 10.3. The van der Waals surface area contributed by atoms with Crippen LogP contribution in [0.4, 0.5) is 5.69 Å². The van der Waals surface area contributed by atoms with Crippen LogP contribution in [-0.4, -0.2) is 41.7 Å². The van der Waals surface area contributed by atoms with Crippen molar-refractivity contribution in [2.45, 2.75) is 38.6 Å². The maximum Gasteiger partial charge on any atom is 0.222 e. The lowest BCUT2D eigenvalue weighted by molar-refractivity contribution is -0.131. The third-order valence-electron chi connectivity index (χ3n) is 5.15. The number of methoxy groups -OCH3 is 1. The number of halogens is 1. The van der Waals surface area contributed by atoms with E-state index >= 15 is 0 Å². The number of amides is 1. The molecule has 6 nitrogen and oxygen atoms in total. The molecule has 3 rings (SSSR count). The number of benzene rings is 1. The molecule has 0 radical (unpaired) electrons. The Hall–Kier alpha value is -2.60. The Morgan fingerprint density at radius 3 is 2.59 bits per heavy atom. The van der Waals surface area contributed by atoms with Crippen molar-refractivity contribution >= 4 is 28.9 Å². The number of rotatable bonds is 8. The smallest absolute Gasteiger partial charge is 0.222 e. The second-order valence-corrected chi connectivity index (χ2v) is 7.50. The quantitative estimate of drug-likeness (QED) is 0.491. The van der Waals surface area contributed by atoms with Gasteiger partial charge >= 0.3 is 0 Å². The summed E-state index contributed by atoms with van der Waals surface area (Å²) in [6, 6.07) is 9.59. The summed E-state index contributed by atoms with van der Waals surface area (Å²) in [6.07, 6.45) is 5.61. The minimum atomic E-state index is 0.113. The van der Waals surface area contributed by atoms with Gasteiger partial charge in [0.15, 0.2) is 0 Å². The van der Waals surface area contributed by atoms with Crippen LogP contribution in [0.2, 0.25) is 5.15 Å². The van der Waals surface area contributed by atoms with Crippen molar-refractivity contribution in [2.24, 2.45) is 0 Å². The number of anilines is 1. The maximum absolute atomic E-state index is 12.4. The molecule has 1 aliphatic heterocycles. The van der Waals surface area contributed by atoms with E-state index in [-0.39, 0.29) is 11.1 Å². The lowest BCUT2D eigenvalue weighted by Gasteiger charge is -2.26. The largest absolute Gasteiger partial charge is 0.497 e. The van der Waals surface area contributed by atoms with E-state index in [1.807, 2.05) is 35.2 Å². The van der Waals surface area contributed by atoms with Crippen molar-refractivity contribution in [1.82, 2.24) is 9.88 Å². The molecule has 2 aromatic rings. The van der Waals surface area contributed by atoms with Gasteiger partial charge in [0.1, 0.15) is 10.9 Å². The number of aromatic nitrogens is 1. The second-order valence-electron chi connectivity index (χ2n) is 7.15. The van der Waals surface area contributed by atoms with Crippen molar-refractivity contribution < 1.29 is 9.53 Å². The number of hydrogen-bond donors (Lipinski definition) is 2. The van der Waals surface area contributed by atoms with E-state index in [2.05, 4.69) is 10.3 Å². The van der Waals surface area contributed by atoms with Crippen LogP contribution < -0.4 is 10.1 Å². The van der Waals surface area contributed by atoms with E-state index < -0.39 is 0 Å². The molecule has 1 aliphatic rings. The van der Waals surface area contributed by atoms with E-state index in [1.165, 1.54) is 6.42 Å². The average Bonchev–Trinajstić information content (AvgIpc) is 2.76. The highest BCUT2D eigenvalue weighted by atomic mass is 35.5. The highest BCUT2D eigenvalue weighted by Crippen LogP contribution is 2.25. The molecule has 1 saturated heterocycles. The monoisotopic (exact) mass is 414 g/mol. The Balaban J connectivity index is 1.63. The molecule has 0 unspecified atom stereocenters. The summed E-state index contributed by atoms with van der Waals surface area (Å²) in [5.41, 5.74) is 2.72. The van der Waals surface area contributed by atoms with Crippen molar-refractivity contribution in [3.8, 4) is 5.75 Å². The molecule has 1 aromatic heterocycles. The van der Waals surface area contributed by atoms with Crippen LogP contribution in [0.25, 0.3) is 0 Å². The SMILES string of the molecule is COc1ccc(CNc2ccnc(Cl)c2C(=N)CCC(=O)N2CCCCC2)cc1. The molecule has 0 atom stereocenters. The van der Waals surface area contributed by atoms with E-state index in [9.17, 15) is 4.79 Å². The fraction of sp³-hybridized carbons (Fsp3) is 0.409. The molecule has 0 saturated carbocycles. The predicted molar refractivity (Wildman–Crippen MR) is 116 cm³/mol. The first-order valence-electron chi connectivity index (χ1n) is 9.95. The van der Waals surface area contributed by atoms with Gasteiger partial charge in [0, 0.05) is 43.7 Å². The van der Waals surface area contributed by atoms with Gasteiger partial charge in [0.2, 0.25) is 5.91 Å². The Bertz CT molecular complexity index is 848. The van der Waals surface area contributed by atoms with Gasteiger partial charge in [-0.25, -0.2) is 4.98 Å². The molecule has 0 spiro atoms. The number of carbonyl (C=O) groups excluding carboxylic acids is 1. The Labute approximate surface area is 176 Å². The van der Waals surface area contributed by atoms with Gasteiger partial charge in [-0.1, -0.05) is 23.7 Å². The van der Waals surface area contributed by atoms with Gasteiger partial charge in [-0.15, -0.1) is 0 Å². The Morgan fingerprint density at radius 2 is 1.90 bits per heavy atom. The minimum Gasteiger partial charge on any atom is -0.497 e. The van der Waals surface area contributed by atoms with E-state index in [0.717, 1.165) is 42.9 Å². The van der Waals surface area contributed by atoms with Crippen molar-refractivity contribution in [3.05, 3.63) is 52.8 Å². The number of piperidine rings is 1. The normalized spacial score (nSPS) is 13.8.